The number of thiophene rings is 1. The second-order valence-electron chi connectivity index (χ2n) is 7.15. The molecule has 0 unspecified atom stereocenters. The predicted molar refractivity (Wildman–Crippen MR) is 115 cm³/mol. The fourth-order valence-electron chi connectivity index (χ4n) is 3.55. The third-order valence-corrected chi connectivity index (χ3v) is 6.01. The van der Waals surface area contributed by atoms with E-state index in [1.54, 1.807) is 12.5 Å². The molecule has 1 aromatic carbocycles. The van der Waals surface area contributed by atoms with Crippen molar-refractivity contribution in [2.45, 2.75) is 19.6 Å². The lowest BCUT2D eigenvalue weighted by Crippen LogP contribution is -3.08. The molecule has 5 rings (SSSR count). The van der Waals surface area contributed by atoms with Crippen LogP contribution < -0.4 is 10.5 Å². The van der Waals surface area contributed by atoms with Gasteiger partial charge in [0.15, 0.2) is 17.3 Å². The number of furan rings is 2. The molecular formula is C23H20N3O3S+. The zero-order chi connectivity index (χ0) is 20.3. The summed E-state index contributed by atoms with van der Waals surface area (Å²) in [7, 11) is 0. The maximum absolute atomic E-state index is 12.7. The number of nitrogens with zero attached hydrogens (tertiary/aromatic N) is 1. The van der Waals surface area contributed by atoms with E-state index < -0.39 is 0 Å². The summed E-state index contributed by atoms with van der Waals surface area (Å²) in [5.74, 6) is 2.41. The number of benzene rings is 1. The highest BCUT2D eigenvalue weighted by molar-refractivity contribution is 7.21. The van der Waals surface area contributed by atoms with Crippen molar-refractivity contribution in [2.75, 3.05) is 0 Å². The van der Waals surface area contributed by atoms with E-state index >= 15 is 0 Å². The molecule has 0 bridgehead atoms. The van der Waals surface area contributed by atoms with E-state index in [4.69, 9.17) is 13.8 Å². The number of nitrogens with one attached hydrogen (secondary N) is 2. The van der Waals surface area contributed by atoms with Crippen molar-refractivity contribution in [2.24, 2.45) is 0 Å². The number of aromatic nitrogens is 2. The lowest BCUT2D eigenvalue weighted by molar-refractivity contribution is -0.943. The van der Waals surface area contributed by atoms with E-state index in [1.165, 1.54) is 11.3 Å². The normalized spacial score (nSPS) is 11.5. The quantitative estimate of drug-likeness (QED) is 0.423. The number of aromatic amines is 1. The van der Waals surface area contributed by atoms with Gasteiger partial charge in [0, 0.05) is 4.88 Å². The van der Waals surface area contributed by atoms with Crippen molar-refractivity contribution in [3.8, 4) is 10.4 Å². The number of hydrogen-bond donors (Lipinski definition) is 2. The van der Waals surface area contributed by atoms with Gasteiger partial charge in [-0.1, -0.05) is 30.3 Å². The van der Waals surface area contributed by atoms with Crippen molar-refractivity contribution in [1.82, 2.24) is 9.97 Å². The Morgan fingerprint density at radius 1 is 0.900 bits per heavy atom. The molecule has 4 aromatic heterocycles. The minimum Gasteiger partial charge on any atom is -0.463 e. The van der Waals surface area contributed by atoms with Crippen LogP contribution in [0.2, 0.25) is 0 Å². The molecule has 150 valence electrons. The topological polar surface area (TPSA) is 76.5 Å². The number of fused-ring (bicyclic) bond motifs is 1. The third-order valence-electron chi connectivity index (χ3n) is 4.94. The molecule has 0 aliphatic carbocycles. The molecule has 0 spiro atoms. The summed E-state index contributed by atoms with van der Waals surface area (Å²) < 4.78 is 11.1. The Bertz CT molecular complexity index is 1250. The molecule has 0 aliphatic heterocycles. The van der Waals surface area contributed by atoms with Crippen LogP contribution in [0.3, 0.4) is 0 Å². The first-order valence-electron chi connectivity index (χ1n) is 9.71. The van der Waals surface area contributed by atoms with Gasteiger partial charge in [-0.3, -0.25) is 4.79 Å². The summed E-state index contributed by atoms with van der Waals surface area (Å²) in [5, 5.41) is 0.626. The molecule has 0 aliphatic rings. The molecule has 7 heteroatoms. The highest BCUT2D eigenvalue weighted by Gasteiger charge is 2.18. The lowest BCUT2D eigenvalue weighted by atomic mass is 10.2. The Labute approximate surface area is 176 Å². The zero-order valence-electron chi connectivity index (χ0n) is 16.1. The van der Waals surface area contributed by atoms with Crippen molar-refractivity contribution in [3.05, 3.63) is 101 Å². The molecule has 5 aromatic rings. The summed E-state index contributed by atoms with van der Waals surface area (Å²) in [5.41, 5.74) is 0.980. The van der Waals surface area contributed by atoms with E-state index in [-0.39, 0.29) is 5.56 Å². The smallest absolute Gasteiger partial charge is 0.259 e. The molecule has 4 heterocycles. The number of hydrogen-bond acceptors (Lipinski definition) is 5. The maximum Gasteiger partial charge on any atom is 0.259 e. The fourth-order valence-corrected chi connectivity index (χ4v) is 4.60. The van der Waals surface area contributed by atoms with Gasteiger partial charge in [-0.15, -0.1) is 11.3 Å². The Morgan fingerprint density at radius 2 is 1.60 bits per heavy atom. The first-order chi connectivity index (χ1) is 14.7. The van der Waals surface area contributed by atoms with Crippen LogP contribution in [-0.4, -0.2) is 9.97 Å². The van der Waals surface area contributed by atoms with Gasteiger partial charge < -0.3 is 18.7 Å². The Morgan fingerprint density at radius 3 is 2.23 bits per heavy atom. The third kappa shape index (κ3) is 3.98. The molecule has 0 saturated carbocycles. The highest BCUT2D eigenvalue weighted by atomic mass is 32.1. The van der Waals surface area contributed by atoms with Crippen molar-refractivity contribution in [3.63, 3.8) is 0 Å². The largest absolute Gasteiger partial charge is 0.463 e. The van der Waals surface area contributed by atoms with Gasteiger partial charge >= 0.3 is 0 Å². The van der Waals surface area contributed by atoms with Crippen LogP contribution in [0, 0.1) is 0 Å². The van der Waals surface area contributed by atoms with Crippen molar-refractivity contribution >= 4 is 21.6 Å². The average Bonchev–Trinajstić information content (AvgIpc) is 3.50. The Balaban J connectivity index is 1.45. The van der Waals surface area contributed by atoms with Gasteiger partial charge in [0.1, 0.15) is 24.5 Å². The Kier molecular flexibility index (Phi) is 5.04. The Hall–Kier alpha value is -3.42. The fraction of sp³-hybridized carbons (Fsp3) is 0.130. The minimum absolute atomic E-state index is 0.108. The van der Waals surface area contributed by atoms with Crippen LogP contribution in [0.25, 0.3) is 20.7 Å². The molecular weight excluding hydrogens is 398 g/mol. The minimum atomic E-state index is -0.108. The van der Waals surface area contributed by atoms with Crippen LogP contribution in [0.1, 0.15) is 17.3 Å². The van der Waals surface area contributed by atoms with Crippen LogP contribution in [-0.2, 0) is 19.6 Å². The van der Waals surface area contributed by atoms with Gasteiger partial charge in [0.05, 0.1) is 17.9 Å². The van der Waals surface area contributed by atoms with E-state index in [0.29, 0.717) is 30.8 Å². The van der Waals surface area contributed by atoms with Crippen LogP contribution in [0.4, 0.5) is 0 Å². The first-order valence-corrected chi connectivity index (χ1v) is 10.5. The van der Waals surface area contributed by atoms with Gasteiger partial charge in [-0.25, -0.2) is 4.98 Å². The van der Waals surface area contributed by atoms with Crippen molar-refractivity contribution < 1.29 is 13.7 Å². The predicted octanol–water partition coefficient (Wildman–Crippen LogP) is 3.62. The number of rotatable bonds is 7. The van der Waals surface area contributed by atoms with Crippen LogP contribution in [0.15, 0.2) is 86.8 Å². The maximum atomic E-state index is 12.7. The standard InChI is InChI=1S/C23H19N3O3S/c27-22-19-12-20(16-6-2-1-3-7-16)30-23(19)25-21(24-22)15-26(13-17-8-4-10-28-17)14-18-9-5-11-29-18/h1-12H,13-15H2,(H,24,25,27)/p+1. The molecule has 2 N–H and O–H groups in total. The average molecular weight is 418 g/mol. The molecule has 0 atom stereocenters. The van der Waals surface area contributed by atoms with E-state index in [2.05, 4.69) is 4.98 Å². The molecule has 0 amide bonds. The highest BCUT2D eigenvalue weighted by Crippen LogP contribution is 2.30. The second kappa shape index (κ2) is 8.14. The molecule has 30 heavy (non-hydrogen) atoms. The summed E-state index contributed by atoms with van der Waals surface area (Å²) >= 11 is 1.54. The molecule has 0 radical (unpaired) electrons. The number of H-pyrrole nitrogens is 1. The molecule has 0 fully saturated rings. The monoisotopic (exact) mass is 418 g/mol. The first kappa shape index (κ1) is 18.6. The van der Waals surface area contributed by atoms with Crippen molar-refractivity contribution in [1.29, 1.82) is 0 Å². The van der Waals surface area contributed by atoms with Crippen LogP contribution >= 0.6 is 11.3 Å². The summed E-state index contributed by atoms with van der Waals surface area (Å²) in [4.78, 5) is 23.4. The van der Waals surface area contributed by atoms with Gasteiger partial charge in [-0.05, 0) is 35.9 Å². The summed E-state index contributed by atoms with van der Waals surface area (Å²) in [6.45, 7) is 1.87. The SMILES string of the molecule is O=c1[nH]c(C[NH+](Cc2ccco2)Cc2ccco2)nc2sc(-c3ccccc3)cc12. The van der Waals surface area contributed by atoms with Gasteiger partial charge in [-0.2, -0.15) is 0 Å². The molecule has 6 nitrogen and oxygen atoms in total. The van der Waals surface area contributed by atoms with E-state index in [0.717, 1.165) is 31.7 Å². The number of quaternary nitrogens is 1. The second-order valence-corrected chi connectivity index (χ2v) is 8.18. The molecule has 0 saturated heterocycles. The van der Waals surface area contributed by atoms with E-state index in [9.17, 15) is 4.79 Å². The van der Waals surface area contributed by atoms with Gasteiger partial charge in [0.25, 0.3) is 5.56 Å². The zero-order valence-corrected chi connectivity index (χ0v) is 16.9. The van der Waals surface area contributed by atoms with E-state index in [1.807, 2.05) is 60.7 Å². The summed E-state index contributed by atoms with van der Waals surface area (Å²) in [6.07, 6.45) is 3.34. The lowest BCUT2D eigenvalue weighted by Gasteiger charge is -2.16. The van der Waals surface area contributed by atoms with Gasteiger partial charge in [0.2, 0.25) is 0 Å². The summed E-state index contributed by atoms with van der Waals surface area (Å²) in [6, 6.07) is 19.6. The van der Waals surface area contributed by atoms with Crippen LogP contribution in [0.5, 0.6) is 0 Å².